The Balaban J connectivity index is 1.55. The molecule has 0 aliphatic heterocycles. The van der Waals surface area contributed by atoms with E-state index in [1.165, 1.54) is 23.1 Å². The van der Waals surface area contributed by atoms with Gasteiger partial charge in [0, 0.05) is 30.4 Å². The first-order valence-corrected chi connectivity index (χ1v) is 10.9. The normalized spacial score (nSPS) is 18.3. The molecule has 0 saturated heterocycles. The van der Waals surface area contributed by atoms with Gasteiger partial charge in [0.25, 0.3) is 5.56 Å². The number of H-pyrrole nitrogens is 1. The van der Waals surface area contributed by atoms with Gasteiger partial charge in [0.05, 0.1) is 11.6 Å². The lowest BCUT2D eigenvalue weighted by atomic mass is 9.72. The SMILES string of the molecule is C[C@@H](c1ccc(C(F)(F)F)nc1)n1nc(C#N)c2c(=O)[nH]c([C@H]3CC[C@@H]3c3ncc(C#N)cn3)nc21. The first-order valence-electron chi connectivity index (χ1n) is 10.9. The number of aromatic nitrogens is 7. The molecule has 0 amide bonds. The van der Waals surface area contributed by atoms with Gasteiger partial charge in [-0.3, -0.25) is 9.78 Å². The highest BCUT2D eigenvalue weighted by atomic mass is 19.4. The van der Waals surface area contributed by atoms with Crippen molar-refractivity contribution in [1.29, 1.82) is 10.5 Å². The second-order valence-corrected chi connectivity index (χ2v) is 8.44. The number of nitrogens with one attached hydrogen (secondary N) is 1. The molecule has 1 aliphatic rings. The molecule has 36 heavy (non-hydrogen) atoms. The van der Waals surface area contributed by atoms with Crippen LogP contribution < -0.4 is 5.56 Å². The number of nitriles is 2. The minimum Gasteiger partial charge on any atom is -0.310 e. The molecule has 180 valence electrons. The van der Waals surface area contributed by atoms with Crippen molar-refractivity contribution in [2.45, 2.75) is 43.8 Å². The summed E-state index contributed by atoms with van der Waals surface area (Å²) in [6.07, 6.45) is 0.853. The lowest BCUT2D eigenvalue weighted by Gasteiger charge is -2.34. The molecule has 5 rings (SSSR count). The molecule has 1 fully saturated rings. The topological polar surface area (TPSA) is 150 Å². The second kappa shape index (κ2) is 8.53. The molecule has 4 heterocycles. The number of hydrogen-bond donors (Lipinski definition) is 1. The summed E-state index contributed by atoms with van der Waals surface area (Å²) in [5.41, 5.74) is -0.835. The number of pyridine rings is 1. The van der Waals surface area contributed by atoms with E-state index in [0.717, 1.165) is 18.7 Å². The first kappa shape index (κ1) is 23.1. The molecule has 10 nitrogen and oxygen atoms in total. The van der Waals surface area contributed by atoms with E-state index in [1.807, 2.05) is 12.1 Å². The second-order valence-electron chi connectivity index (χ2n) is 8.44. The third-order valence-electron chi connectivity index (χ3n) is 6.37. The van der Waals surface area contributed by atoms with Crippen LogP contribution in [0.3, 0.4) is 0 Å². The van der Waals surface area contributed by atoms with E-state index in [0.29, 0.717) is 29.2 Å². The molecule has 1 aliphatic carbocycles. The lowest BCUT2D eigenvalue weighted by molar-refractivity contribution is -0.141. The van der Waals surface area contributed by atoms with Crippen molar-refractivity contribution in [3.8, 4) is 12.1 Å². The summed E-state index contributed by atoms with van der Waals surface area (Å²) in [4.78, 5) is 32.4. The molecule has 0 unspecified atom stereocenters. The smallest absolute Gasteiger partial charge is 0.310 e. The number of hydrogen-bond acceptors (Lipinski definition) is 8. The maximum absolute atomic E-state index is 13.0. The molecule has 1 saturated carbocycles. The molecule has 4 aromatic heterocycles. The Hall–Kier alpha value is -4.65. The highest BCUT2D eigenvalue weighted by Crippen LogP contribution is 2.46. The third-order valence-corrected chi connectivity index (χ3v) is 6.37. The Morgan fingerprint density at radius 1 is 1.08 bits per heavy atom. The van der Waals surface area contributed by atoms with E-state index in [9.17, 15) is 23.2 Å². The quantitative estimate of drug-likeness (QED) is 0.457. The number of fused-ring (bicyclic) bond motifs is 1. The van der Waals surface area contributed by atoms with Crippen molar-refractivity contribution in [2.24, 2.45) is 0 Å². The van der Waals surface area contributed by atoms with E-state index in [2.05, 4.69) is 30.0 Å². The molecular formula is C23H16F3N9O. The van der Waals surface area contributed by atoms with Crippen LogP contribution in [0.4, 0.5) is 13.2 Å². The summed E-state index contributed by atoms with van der Waals surface area (Å²) < 4.78 is 40.1. The first-order chi connectivity index (χ1) is 17.2. The molecule has 0 bridgehead atoms. The van der Waals surface area contributed by atoms with Crippen molar-refractivity contribution in [3.63, 3.8) is 0 Å². The fourth-order valence-corrected chi connectivity index (χ4v) is 4.27. The zero-order valence-corrected chi connectivity index (χ0v) is 18.7. The van der Waals surface area contributed by atoms with Gasteiger partial charge in [-0.15, -0.1) is 0 Å². The van der Waals surface area contributed by atoms with Gasteiger partial charge in [-0.2, -0.15) is 28.8 Å². The van der Waals surface area contributed by atoms with Gasteiger partial charge in [-0.1, -0.05) is 6.07 Å². The Morgan fingerprint density at radius 2 is 1.81 bits per heavy atom. The standard InChI is InChI=1S/C23H16F3N9O/c1-11(13-2-5-17(29-10-13)23(24,25)26)35-21-18(16(7-28)34-35)22(36)33-20(32-21)15-4-3-14(15)19-30-8-12(6-27)9-31-19/h2,5,8-11,14-15H,3-4H2,1H3,(H,32,33,36)/t11-,14-,15-/m0/s1. The van der Waals surface area contributed by atoms with Crippen LogP contribution in [-0.2, 0) is 6.18 Å². The predicted molar refractivity (Wildman–Crippen MR) is 117 cm³/mol. The molecule has 0 radical (unpaired) electrons. The molecule has 0 spiro atoms. The van der Waals surface area contributed by atoms with Crippen molar-refractivity contribution in [2.75, 3.05) is 0 Å². The van der Waals surface area contributed by atoms with E-state index in [-0.39, 0.29) is 28.6 Å². The lowest BCUT2D eigenvalue weighted by Crippen LogP contribution is -2.28. The van der Waals surface area contributed by atoms with Crippen molar-refractivity contribution < 1.29 is 13.2 Å². The number of rotatable bonds is 4. The van der Waals surface area contributed by atoms with Gasteiger partial charge >= 0.3 is 6.18 Å². The Morgan fingerprint density at radius 3 is 2.36 bits per heavy atom. The molecule has 13 heteroatoms. The highest BCUT2D eigenvalue weighted by Gasteiger charge is 2.38. The summed E-state index contributed by atoms with van der Waals surface area (Å²) >= 11 is 0. The maximum Gasteiger partial charge on any atom is 0.433 e. The molecule has 4 aromatic rings. The van der Waals surface area contributed by atoms with E-state index >= 15 is 0 Å². The van der Waals surface area contributed by atoms with Gasteiger partial charge in [0.1, 0.15) is 34.9 Å². The van der Waals surface area contributed by atoms with Crippen LogP contribution in [-0.4, -0.2) is 34.7 Å². The number of alkyl halides is 3. The minimum absolute atomic E-state index is 0.00142. The summed E-state index contributed by atoms with van der Waals surface area (Å²) in [6, 6.07) is 5.33. The van der Waals surface area contributed by atoms with Gasteiger partial charge in [-0.25, -0.2) is 19.6 Å². The zero-order chi connectivity index (χ0) is 25.6. The van der Waals surface area contributed by atoms with Crippen LogP contribution in [0.5, 0.6) is 0 Å². The van der Waals surface area contributed by atoms with E-state index in [4.69, 9.17) is 5.26 Å². The van der Waals surface area contributed by atoms with Crippen LogP contribution in [0.15, 0.2) is 35.5 Å². The molecule has 3 atom stereocenters. The van der Waals surface area contributed by atoms with Crippen LogP contribution in [0.25, 0.3) is 11.0 Å². The van der Waals surface area contributed by atoms with Crippen LogP contribution in [0.1, 0.15) is 71.8 Å². The largest absolute Gasteiger partial charge is 0.433 e. The highest BCUT2D eigenvalue weighted by molar-refractivity contribution is 5.80. The fraction of sp³-hybridized carbons (Fsp3) is 0.304. The average Bonchev–Trinajstić information content (AvgIpc) is 3.22. The Labute approximate surface area is 201 Å². The predicted octanol–water partition coefficient (Wildman–Crippen LogP) is 3.34. The average molecular weight is 491 g/mol. The third kappa shape index (κ3) is 3.84. The summed E-state index contributed by atoms with van der Waals surface area (Å²) in [5, 5.41) is 22.7. The Kier molecular flexibility index (Phi) is 5.48. The van der Waals surface area contributed by atoms with Crippen molar-refractivity contribution in [1.82, 2.24) is 34.7 Å². The molecular weight excluding hydrogens is 475 g/mol. The van der Waals surface area contributed by atoms with Crippen molar-refractivity contribution in [3.05, 3.63) is 75.2 Å². The number of aromatic amines is 1. The molecule has 1 N–H and O–H groups in total. The van der Waals surface area contributed by atoms with Gasteiger partial charge in [-0.05, 0) is 31.4 Å². The van der Waals surface area contributed by atoms with Crippen LogP contribution in [0, 0.1) is 22.7 Å². The van der Waals surface area contributed by atoms with Gasteiger partial charge < -0.3 is 4.98 Å². The number of nitrogens with zero attached hydrogens (tertiary/aromatic N) is 8. The van der Waals surface area contributed by atoms with Crippen molar-refractivity contribution >= 4 is 11.0 Å². The van der Waals surface area contributed by atoms with Crippen LogP contribution in [0.2, 0.25) is 0 Å². The Bertz CT molecular complexity index is 1590. The molecule has 0 aromatic carbocycles. The monoisotopic (exact) mass is 491 g/mol. The van der Waals surface area contributed by atoms with E-state index < -0.39 is 23.5 Å². The zero-order valence-electron chi connectivity index (χ0n) is 18.7. The number of halogens is 3. The summed E-state index contributed by atoms with van der Waals surface area (Å²) in [7, 11) is 0. The van der Waals surface area contributed by atoms with E-state index in [1.54, 1.807) is 6.92 Å². The summed E-state index contributed by atoms with van der Waals surface area (Å²) in [5.74, 6) is 0.581. The maximum atomic E-state index is 13.0. The summed E-state index contributed by atoms with van der Waals surface area (Å²) in [6.45, 7) is 1.66. The van der Waals surface area contributed by atoms with Crippen LogP contribution >= 0.6 is 0 Å². The fourth-order valence-electron chi connectivity index (χ4n) is 4.27. The minimum atomic E-state index is -4.57. The van der Waals surface area contributed by atoms with Gasteiger partial charge in [0.15, 0.2) is 11.3 Å². The van der Waals surface area contributed by atoms with Gasteiger partial charge in [0.2, 0.25) is 0 Å².